The van der Waals surface area contributed by atoms with Gasteiger partial charge in [0.1, 0.15) is 5.67 Å². The summed E-state index contributed by atoms with van der Waals surface area (Å²) in [5, 5.41) is 3.26. The molecule has 1 saturated heterocycles. The fourth-order valence-electron chi connectivity index (χ4n) is 3.59. The summed E-state index contributed by atoms with van der Waals surface area (Å²) in [6.07, 6.45) is 5.66. The fraction of sp³-hybridized carbons (Fsp3) is 0.625. The van der Waals surface area contributed by atoms with Gasteiger partial charge in [-0.2, -0.15) is 0 Å². The number of piperidine rings is 1. The van der Waals surface area contributed by atoms with Gasteiger partial charge in [0.15, 0.2) is 0 Å². The highest BCUT2D eigenvalue weighted by Gasteiger charge is 2.35. The molecule has 1 heterocycles. The molecule has 1 aliphatic heterocycles. The first-order valence-corrected chi connectivity index (χ1v) is 7.24. The van der Waals surface area contributed by atoms with Crippen LogP contribution < -0.4 is 5.32 Å². The lowest BCUT2D eigenvalue weighted by molar-refractivity contribution is 0.0927. The lowest BCUT2D eigenvalue weighted by Gasteiger charge is -2.35. The Labute approximate surface area is 109 Å². The van der Waals surface area contributed by atoms with Crippen LogP contribution in [0.15, 0.2) is 24.3 Å². The zero-order valence-corrected chi connectivity index (χ0v) is 10.9. The highest BCUT2D eigenvalue weighted by Crippen LogP contribution is 2.41. The molecule has 1 N–H and O–H groups in total. The van der Waals surface area contributed by atoms with Gasteiger partial charge in [-0.15, -0.1) is 0 Å². The largest absolute Gasteiger partial charge is 0.316 e. The summed E-state index contributed by atoms with van der Waals surface area (Å²) in [5.41, 5.74) is 1.94. The maximum absolute atomic E-state index is 14.8. The van der Waals surface area contributed by atoms with Crippen LogP contribution in [0.5, 0.6) is 0 Å². The first kappa shape index (κ1) is 12.2. The number of nitrogens with one attached hydrogen (secondary N) is 1. The second-order valence-corrected chi connectivity index (χ2v) is 5.89. The van der Waals surface area contributed by atoms with Crippen molar-refractivity contribution in [2.24, 2.45) is 0 Å². The third-order valence-electron chi connectivity index (χ3n) is 4.61. The van der Waals surface area contributed by atoms with E-state index < -0.39 is 5.67 Å². The predicted octanol–water partition coefficient (Wildman–Crippen LogP) is 3.59. The van der Waals surface area contributed by atoms with Crippen LogP contribution in [0.25, 0.3) is 0 Å². The van der Waals surface area contributed by atoms with E-state index in [2.05, 4.69) is 29.6 Å². The van der Waals surface area contributed by atoms with Crippen LogP contribution in [0.4, 0.5) is 4.39 Å². The van der Waals surface area contributed by atoms with Gasteiger partial charge in [-0.3, -0.25) is 0 Å². The quantitative estimate of drug-likeness (QED) is 0.842. The average Bonchev–Trinajstić information content (AvgIpc) is 2.40. The number of rotatable bonds is 2. The molecule has 0 aromatic heterocycles. The molecule has 1 fully saturated rings. The van der Waals surface area contributed by atoms with Gasteiger partial charge in [0, 0.05) is 0 Å². The van der Waals surface area contributed by atoms with Gasteiger partial charge in [-0.1, -0.05) is 24.3 Å². The third kappa shape index (κ3) is 2.44. The zero-order chi connectivity index (χ0) is 12.4. The van der Waals surface area contributed by atoms with Gasteiger partial charge in [-0.05, 0) is 68.7 Å². The Morgan fingerprint density at radius 1 is 1.22 bits per heavy atom. The minimum absolute atomic E-state index is 0.443. The molecule has 0 amide bonds. The van der Waals surface area contributed by atoms with Crippen molar-refractivity contribution in [3.8, 4) is 0 Å². The van der Waals surface area contributed by atoms with E-state index in [0.717, 1.165) is 25.9 Å². The molecule has 0 radical (unpaired) electrons. The van der Waals surface area contributed by atoms with Crippen LogP contribution in [-0.4, -0.2) is 18.8 Å². The first-order chi connectivity index (χ1) is 8.77. The molecule has 0 saturated carbocycles. The molecule has 1 unspecified atom stereocenters. The smallest absolute Gasteiger partial charge is 0.114 e. The summed E-state index contributed by atoms with van der Waals surface area (Å²) in [7, 11) is 0. The maximum atomic E-state index is 14.8. The summed E-state index contributed by atoms with van der Waals surface area (Å²) in [5.74, 6) is 0.443. The molecular formula is C16H22FN. The van der Waals surface area contributed by atoms with E-state index in [0.29, 0.717) is 18.8 Å². The van der Waals surface area contributed by atoms with Crippen molar-refractivity contribution in [3.63, 3.8) is 0 Å². The Hall–Kier alpha value is -0.890. The molecule has 2 heteroatoms. The molecule has 3 rings (SSSR count). The van der Waals surface area contributed by atoms with Gasteiger partial charge in [0.05, 0.1) is 0 Å². The molecule has 2 aliphatic rings. The summed E-state index contributed by atoms with van der Waals surface area (Å²) >= 11 is 0. The number of benzene rings is 1. The minimum Gasteiger partial charge on any atom is -0.316 e. The standard InChI is InChI=1S/C16H22FN/c17-16(8-10-18-11-9-16)12-14-6-3-5-13-4-1-2-7-15(13)14/h1-2,4,7,14,18H,3,5-6,8-12H2. The molecule has 1 atom stereocenters. The Kier molecular flexibility index (Phi) is 3.38. The third-order valence-corrected chi connectivity index (χ3v) is 4.61. The second kappa shape index (κ2) is 5.00. The van der Waals surface area contributed by atoms with Crippen molar-refractivity contribution in [2.75, 3.05) is 13.1 Å². The number of aryl methyl sites for hydroxylation is 1. The van der Waals surface area contributed by atoms with Crippen LogP contribution >= 0.6 is 0 Å². The van der Waals surface area contributed by atoms with E-state index in [1.54, 1.807) is 0 Å². The molecule has 18 heavy (non-hydrogen) atoms. The molecule has 1 aromatic rings. The molecule has 98 valence electrons. The zero-order valence-electron chi connectivity index (χ0n) is 10.9. The number of hydrogen-bond acceptors (Lipinski definition) is 1. The Balaban J connectivity index is 1.77. The lowest BCUT2D eigenvalue weighted by atomic mass is 9.75. The van der Waals surface area contributed by atoms with Crippen LogP contribution in [0.1, 0.15) is 49.1 Å². The molecule has 1 aromatic carbocycles. The number of fused-ring (bicyclic) bond motifs is 1. The van der Waals surface area contributed by atoms with Gasteiger partial charge >= 0.3 is 0 Å². The molecule has 1 aliphatic carbocycles. The van der Waals surface area contributed by atoms with E-state index in [-0.39, 0.29) is 0 Å². The van der Waals surface area contributed by atoms with E-state index in [9.17, 15) is 4.39 Å². The predicted molar refractivity (Wildman–Crippen MR) is 72.7 cm³/mol. The van der Waals surface area contributed by atoms with Crippen molar-refractivity contribution in [3.05, 3.63) is 35.4 Å². The SMILES string of the molecule is FC1(CC2CCCc3ccccc32)CCNCC1. The number of hydrogen-bond donors (Lipinski definition) is 1. The first-order valence-electron chi connectivity index (χ1n) is 7.24. The van der Waals surface area contributed by atoms with Gasteiger partial charge in [0.2, 0.25) is 0 Å². The van der Waals surface area contributed by atoms with Gasteiger partial charge in [-0.25, -0.2) is 4.39 Å². The normalized spacial score (nSPS) is 26.6. The highest BCUT2D eigenvalue weighted by atomic mass is 19.1. The van der Waals surface area contributed by atoms with Crippen molar-refractivity contribution in [1.82, 2.24) is 5.32 Å². The van der Waals surface area contributed by atoms with Gasteiger partial charge < -0.3 is 5.32 Å². The van der Waals surface area contributed by atoms with Crippen LogP contribution in [0, 0.1) is 0 Å². The molecule has 0 bridgehead atoms. The summed E-state index contributed by atoms with van der Waals surface area (Å²) < 4.78 is 14.8. The summed E-state index contributed by atoms with van der Waals surface area (Å²) in [6, 6.07) is 8.64. The van der Waals surface area contributed by atoms with Gasteiger partial charge in [0.25, 0.3) is 0 Å². The lowest BCUT2D eigenvalue weighted by Crippen LogP contribution is -2.39. The monoisotopic (exact) mass is 247 g/mol. The van der Waals surface area contributed by atoms with E-state index in [1.807, 2.05) is 0 Å². The Morgan fingerprint density at radius 3 is 2.83 bits per heavy atom. The Morgan fingerprint density at radius 2 is 2.00 bits per heavy atom. The number of halogens is 1. The second-order valence-electron chi connectivity index (χ2n) is 5.89. The van der Waals surface area contributed by atoms with Crippen molar-refractivity contribution in [1.29, 1.82) is 0 Å². The molecule has 0 spiro atoms. The van der Waals surface area contributed by atoms with Crippen LogP contribution in [-0.2, 0) is 6.42 Å². The van der Waals surface area contributed by atoms with Crippen molar-refractivity contribution in [2.45, 2.75) is 50.1 Å². The van der Waals surface area contributed by atoms with E-state index >= 15 is 0 Å². The summed E-state index contributed by atoms with van der Waals surface area (Å²) in [6.45, 7) is 1.68. The van der Waals surface area contributed by atoms with Crippen molar-refractivity contribution >= 4 is 0 Å². The molecule has 1 nitrogen and oxygen atoms in total. The minimum atomic E-state index is -0.930. The number of alkyl halides is 1. The van der Waals surface area contributed by atoms with Crippen molar-refractivity contribution < 1.29 is 4.39 Å². The Bertz CT molecular complexity index is 409. The highest BCUT2D eigenvalue weighted by molar-refractivity contribution is 5.32. The van der Waals surface area contributed by atoms with Crippen LogP contribution in [0.2, 0.25) is 0 Å². The fourth-order valence-corrected chi connectivity index (χ4v) is 3.59. The van der Waals surface area contributed by atoms with E-state index in [1.165, 1.54) is 24.0 Å². The maximum Gasteiger partial charge on any atom is 0.114 e. The molecular weight excluding hydrogens is 225 g/mol. The summed E-state index contributed by atoms with van der Waals surface area (Å²) in [4.78, 5) is 0. The van der Waals surface area contributed by atoms with Crippen LogP contribution in [0.3, 0.4) is 0 Å². The topological polar surface area (TPSA) is 12.0 Å². The average molecular weight is 247 g/mol. The van der Waals surface area contributed by atoms with E-state index in [4.69, 9.17) is 0 Å².